The maximum absolute atomic E-state index is 13.9. The molecule has 5 N–H and O–H groups in total. The molecular weight excluding hydrogens is 524 g/mol. The van der Waals surface area contributed by atoms with Gasteiger partial charge in [0, 0.05) is 6.54 Å². The number of phenolic OH excluding ortho intramolecular Hbond substituents is 1. The summed E-state index contributed by atoms with van der Waals surface area (Å²) in [6, 6.07) is 7.13. The third kappa shape index (κ3) is 8.88. The van der Waals surface area contributed by atoms with Crippen molar-refractivity contribution in [2.24, 2.45) is 5.73 Å². The van der Waals surface area contributed by atoms with Crippen LogP contribution < -0.4 is 16.4 Å². The van der Waals surface area contributed by atoms with Gasteiger partial charge in [0.25, 0.3) is 5.91 Å². The number of carbonyl (C=O) groups is 4. The second kappa shape index (κ2) is 13.3. The van der Waals surface area contributed by atoms with E-state index >= 15 is 0 Å². The summed E-state index contributed by atoms with van der Waals surface area (Å²) < 4.78 is 5.27. The summed E-state index contributed by atoms with van der Waals surface area (Å²) in [5.74, 6) is -2.09. The predicted molar refractivity (Wildman–Crippen MR) is 149 cm³/mol. The van der Waals surface area contributed by atoms with Crippen LogP contribution in [0.3, 0.4) is 0 Å². The van der Waals surface area contributed by atoms with E-state index in [1.807, 2.05) is 6.92 Å². The number of anilines is 1. The van der Waals surface area contributed by atoms with Crippen LogP contribution in [0.25, 0.3) is 0 Å². The van der Waals surface area contributed by atoms with E-state index < -0.39 is 47.9 Å². The van der Waals surface area contributed by atoms with Crippen LogP contribution in [0.5, 0.6) is 5.75 Å². The number of hydrogen-bond acceptors (Lipinski definition) is 6. The van der Waals surface area contributed by atoms with Gasteiger partial charge in [-0.1, -0.05) is 36.7 Å². The SMILES string of the molecule is CCCN(C(=O)C(CC(N)=O)NC(=O)OC(C)(C)C)C(C(=O)Nc1c(C)cccc1Cl)c1ccc(O)c(C)c1. The van der Waals surface area contributed by atoms with Crippen molar-refractivity contribution in [3.63, 3.8) is 0 Å². The maximum atomic E-state index is 13.9. The van der Waals surface area contributed by atoms with E-state index in [2.05, 4.69) is 10.6 Å². The summed E-state index contributed by atoms with van der Waals surface area (Å²) in [4.78, 5) is 53.5. The van der Waals surface area contributed by atoms with Gasteiger partial charge < -0.3 is 31.1 Å². The Morgan fingerprint density at radius 2 is 1.77 bits per heavy atom. The molecule has 0 saturated carbocycles. The fourth-order valence-electron chi connectivity index (χ4n) is 3.96. The average Bonchev–Trinajstić information content (AvgIpc) is 2.81. The van der Waals surface area contributed by atoms with Crippen LogP contribution in [-0.4, -0.2) is 52.0 Å². The van der Waals surface area contributed by atoms with Crippen LogP contribution in [-0.2, 0) is 19.1 Å². The summed E-state index contributed by atoms with van der Waals surface area (Å²) in [6.07, 6.45) is -0.968. The molecule has 0 aliphatic rings. The molecule has 0 saturated heterocycles. The molecule has 0 aliphatic carbocycles. The fourth-order valence-corrected chi connectivity index (χ4v) is 4.23. The Balaban J connectivity index is 2.58. The number of hydrogen-bond donors (Lipinski definition) is 4. The molecule has 0 bridgehead atoms. The number of para-hydroxylation sites is 1. The molecule has 0 fully saturated rings. The summed E-state index contributed by atoms with van der Waals surface area (Å²) in [5, 5.41) is 15.7. The van der Waals surface area contributed by atoms with Crippen LogP contribution >= 0.6 is 11.6 Å². The molecule has 2 rings (SSSR count). The van der Waals surface area contributed by atoms with E-state index in [4.69, 9.17) is 22.1 Å². The summed E-state index contributed by atoms with van der Waals surface area (Å²) >= 11 is 6.35. The van der Waals surface area contributed by atoms with Gasteiger partial charge in [0.1, 0.15) is 23.4 Å². The average molecular weight is 561 g/mol. The molecule has 39 heavy (non-hydrogen) atoms. The molecule has 0 aromatic heterocycles. The fraction of sp³-hybridized carbons (Fsp3) is 0.429. The number of ether oxygens (including phenoxy) is 1. The minimum absolute atomic E-state index is 0.0198. The Bertz CT molecular complexity index is 1210. The highest BCUT2D eigenvalue weighted by Crippen LogP contribution is 2.31. The number of halogens is 1. The number of nitrogens with two attached hydrogens (primary N) is 1. The van der Waals surface area contributed by atoms with Crippen LogP contribution in [0.15, 0.2) is 36.4 Å². The Hall–Kier alpha value is -3.79. The smallest absolute Gasteiger partial charge is 0.408 e. The zero-order valence-electron chi connectivity index (χ0n) is 23.1. The quantitative estimate of drug-likeness (QED) is 0.339. The number of rotatable bonds is 10. The molecular formula is C28H37ClN4O6. The van der Waals surface area contributed by atoms with E-state index in [-0.39, 0.29) is 12.3 Å². The Morgan fingerprint density at radius 3 is 2.31 bits per heavy atom. The van der Waals surface area contributed by atoms with Crippen molar-refractivity contribution < 1.29 is 29.0 Å². The summed E-state index contributed by atoms with van der Waals surface area (Å²) in [7, 11) is 0. The number of benzene rings is 2. The molecule has 2 aromatic carbocycles. The topological polar surface area (TPSA) is 151 Å². The normalized spacial score (nSPS) is 12.7. The van der Waals surface area contributed by atoms with Gasteiger partial charge in [0.05, 0.1) is 17.1 Å². The highest BCUT2D eigenvalue weighted by atomic mass is 35.5. The van der Waals surface area contributed by atoms with Crippen LogP contribution in [0.1, 0.15) is 63.3 Å². The van der Waals surface area contributed by atoms with Crippen molar-refractivity contribution in [2.45, 2.75) is 72.1 Å². The number of aryl methyl sites for hydroxylation is 2. The highest BCUT2D eigenvalue weighted by molar-refractivity contribution is 6.34. The zero-order chi connectivity index (χ0) is 29.5. The van der Waals surface area contributed by atoms with Crippen molar-refractivity contribution in [3.8, 4) is 5.75 Å². The lowest BCUT2D eigenvalue weighted by Gasteiger charge is -2.34. The second-order valence-corrected chi connectivity index (χ2v) is 10.7. The number of carbonyl (C=O) groups excluding carboxylic acids is 4. The molecule has 0 radical (unpaired) electrons. The number of aromatic hydroxyl groups is 1. The van der Waals surface area contributed by atoms with Crippen molar-refractivity contribution in [1.29, 1.82) is 0 Å². The third-order valence-electron chi connectivity index (χ3n) is 5.71. The molecule has 2 aromatic rings. The summed E-state index contributed by atoms with van der Waals surface area (Å²) in [5.41, 5.74) is 6.54. The molecule has 0 heterocycles. The highest BCUT2D eigenvalue weighted by Gasteiger charge is 2.37. The largest absolute Gasteiger partial charge is 0.508 e. The van der Waals surface area contributed by atoms with Gasteiger partial charge in [-0.25, -0.2) is 4.79 Å². The van der Waals surface area contributed by atoms with E-state index in [0.717, 1.165) is 0 Å². The number of nitrogens with one attached hydrogen (secondary N) is 2. The van der Waals surface area contributed by atoms with Crippen molar-refractivity contribution in [1.82, 2.24) is 10.2 Å². The van der Waals surface area contributed by atoms with E-state index in [1.165, 1.54) is 17.0 Å². The molecule has 2 atom stereocenters. The number of phenols is 1. The van der Waals surface area contributed by atoms with Gasteiger partial charge in [-0.05, 0) is 75.9 Å². The van der Waals surface area contributed by atoms with Gasteiger partial charge in [0.15, 0.2) is 0 Å². The van der Waals surface area contributed by atoms with Crippen LogP contribution in [0.2, 0.25) is 5.02 Å². The molecule has 4 amide bonds. The maximum Gasteiger partial charge on any atom is 0.408 e. The monoisotopic (exact) mass is 560 g/mol. The standard InChI is InChI=1S/C28H37ClN4O6/c1-7-13-33(26(37)20(15-22(30)35)31-27(38)39-28(4,5)6)24(18-11-12-21(34)17(3)14-18)25(36)32-23-16(2)9-8-10-19(23)29/h8-12,14,20,24,34H,7,13,15H2,1-6H3,(H2,30,35)(H,31,38)(H,32,36). The lowest BCUT2D eigenvalue weighted by Crippen LogP contribution is -2.53. The van der Waals surface area contributed by atoms with Gasteiger partial charge in [-0.15, -0.1) is 0 Å². The van der Waals surface area contributed by atoms with E-state index in [1.54, 1.807) is 58.9 Å². The predicted octanol–water partition coefficient (Wildman–Crippen LogP) is 4.35. The van der Waals surface area contributed by atoms with Crippen molar-refractivity contribution in [3.05, 3.63) is 58.1 Å². The number of alkyl carbamates (subject to hydrolysis) is 1. The lowest BCUT2D eigenvalue weighted by atomic mass is 9.99. The molecule has 212 valence electrons. The first kappa shape index (κ1) is 31.4. The molecule has 0 aliphatic heterocycles. The summed E-state index contributed by atoms with van der Waals surface area (Å²) in [6.45, 7) is 10.3. The Kier molecular flexibility index (Phi) is 10.7. The Morgan fingerprint density at radius 1 is 1.10 bits per heavy atom. The minimum Gasteiger partial charge on any atom is -0.508 e. The molecule has 2 unspecified atom stereocenters. The van der Waals surface area contributed by atoms with Crippen LogP contribution in [0, 0.1) is 13.8 Å². The van der Waals surface area contributed by atoms with E-state index in [9.17, 15) is 24.3 Å². The van der Waals surface area contributed by atoms with Crippen LogP contribution in [0.4, 0.5) is 10.5 Å². The number of primary amides is 1. The van der Waals surface area contributed by atoms with Crippen molar-refractivity contribution in [2.75, 3.05) is 11.9 Å². The Labute approximate surface area is 233 Å². The lowest BCUT2D eigenvalue weighted by molar-refractivity contribution is -0.141. The van der Waals surface area contributed by atoms with Gasteiger partial charge in [-0.2, -0.15) is 0 Å². The number of amides is 4. The minimum atomic E-state index is -1.39. The first-order valence-corrected chi connectivity index (χ1v) is 13.0. The zero-order valence-corrected chi connectivity index (χ0v) is 23.9. The molecule has 0 spiro atoms. The first-order chi connectivity index (χ1) is 18.1. The third-order valence-corrected chi connectivity index (χ3v) is 6.02. The first-order valence-electron chi connectivity index (χ1n) is 12.6. The molecule has 10 nitrogen and oxygen atoms in total. The van der Waals surface area contributed by atoms with Crippen molar-refractivity contribution >= 4 is 41.1 Å². The molecule has 11 heteroatoms. The number of nitrogens with zero attached hydrogens (tertiary/aromatic N) is 1. The second-order valence-electron chi connectivity index (χ2n) is 10.3. The van der Waals surface area contributed by atoms with Gasteiger partial charge >= 0.3 is 6.09 Å². The van der Waals surface area contributed by atoms with Gasteiger partial charge in [-0.3, -0.25) is 14.4 Å². The van der Waals surface area contributed by atoms with E-state index in [0.29, 0.717) is 33.8 Å². The van der Waals surface area contributed by atoms with Gasteiger partial charge in [0.2, 0.25) is 11.8 Å².